The van der Waals surface area contributed by atoms with Gasteiger partial charge in [0.25, 0.3) is 0 Å². The number of ether oxygens (including phenoxy) is 1. The van der Waals surface area contributed by atoms with Gasteiger partial charge in [0.05, 0.1) is 11.3 Å². The smallest absolute Gasteiger partial charge is 0.421 e. The van der Waals surface area contributed by atoms with Gasteiger partial charge >= 0.3 is 6.18 Å². The lowest BCUT2D eigenvalue weighted by Crippen LogP contribution is -2.13. The number of thiophene rings is 1. The molecule has 0 amide bonds. The van der Waals surface area contributed by atoms with Crippen LogP contribution < -0.4 is 4.74 Å². The molecule has 172 valence electrons. The predicted octanol–water partition coefficient (Wildman–Crippen LogP) is 9.20. The maximum atomic E-state index is 15.1. The van der Waals surface area contributed by atoms with E-state index in [1.165, 1.54) is 31.7 Å². The summed E-state index contributed by atoms with van der Waals surface area (Å²) in [6.07, 6.45) is 2.42. The van der Waals surface area contributed by atoms with Crippen molar-refractivity contribution in [1.82, 2.24) is 0 Å². The summed E-state index contributed by atoms with van der Waals surface area (Å²) in [7, 11) is 0. The molecule has 0 N–H and O–H groups in total. The lowest BCUT2D eigenvalue weighted by molar-refractivity contribution is -0.137. The Labute approximate surface area is 190 Å². The van der Waals surface area contributed by atoms with Crippen molar-refractivity contribution in [2.75, 3.05) is 6.61 Å². The Bertz CT molecular complexity index is 1080. The van der Waals surface area contributed by atoms with E-state index in [9.17, 15) is 13.2 Å². The maximum absolute atomic E-state index is 15.1. The Morgan fingerprint density at radius 1 is 1.00 bits per heavy atom. The zero-order valence-corrected chi connectivity index (χ0v) is 19.2. The standard InChI is InChI=1S/C26H28F4OS/c1-3-5-16-6-8-17(9-7-16)18-10-12-20(21(27)14-18)23-15-19-11-13-22(31-4-2)24(25(19)32-23)26(28,29)30/h10-17H,3-9H2,1-2H3. The van der Waals surface area contributed by atoms with Crippen LogP contribution in [-0.2, 0) is 6.18 Å². The fourth-order valence-electron chi connectivity index (χ4n) is 4.94. The van der Waals surface area contributed by atoms with Gasteiger partial charge in [0.2, 0.25) is 0 Å². The van der Waals surface area contributed by atoms with E-state index in [0.717, 1.165) is 35.7 Å². The summed E-state index contributed by atoms with van der Waals surface area (Å²) < 4.78 is 61.8. The molecule has 6 heteroatoms. The van der Waals surface area contributed by atoms with Crippen molar-refractivity contribution in [3.63, 3.8) is 0 Å². The lowest BCUT2D eigenvalue weighted by Gasteiger charge is -2.28. The Balaban J connectivity index is 1.65. The van der Waals surface area contributed by atoms with Crippen molar-refractivity contribution in [2.24, 2.45) is 5.92 Å². The summed E-state index contributed by atoms with van der Waals surface area (Å²) in [6, 6.07) is 9.85. The van der Waals surface area contributed by atoms with Crippen molar-refractivity contribution < 1.29 is 22.3 Å². The van der Waals surface area contributed by atoms with Gasteiger partial charge in [-0.05, 0) is 79.7 Å². The molecule has 3 aromatic rings. The van der Waals surface area contributed by atoms with Crippen molar-refractivity contribution in [2.45, 2.75) is 64.5 Å². The van der Waals surface area contributed by atoms with Gasteiger partial charge in [-0.15, -0.1) is 11.3 Å². The molecule has 0 saturated heterocycles. The molecule has 1 fully saturated rings. The molecule has 1 aromatic heterocycles. The van der Waals surface area contributed by atoms with Crippen LogP contribution in [0.1, 0.15) is 69.4 Å². The van der Waals surface area contributed by atoms with E-state index in [-0.39, 0.29) is 22.9 Å². The van der Waals surface area contributed by atoms with Gasteiger partial charge in [0, 0.05) is 10.4 Å². The Morgan fingerprint density at radius 3 is 2.38 bits per heavy atom. The lowest BCUT2D eigenvalue weighted by atomic mass is 9.77. The molecular formula is C26H28F4OS. The van der Waals surface area contributed by atoms with Gasteiger partial charge in [-0.25, -0.2) is 4.39 Å². The SMILES string of the molecule is CCCC1CCC(c2ccc(-c3cc4ccc(OCC)c(C(F)(F)F)c4s3)c(F)c2)CC1. The normalized spacial score (nSPS) is 19.4. The number of fused-ring (bicyclic) bond motifs is 1. The molecule has 2 aromatic carbocycles. The highest BCUT2D eigenvalue weighted by Gasteiger charge is 2.37. The van der Waals surface area contributed by atoms with Gasteiger partial charge < -0.3 is 4.74 Å². The molecular weight excluding hydrogens is 436 g/mol. The molecule has 0 radical (unpaired) electrons. The fourth-order valence-corrected chi connectivity index (χ4v) is 6.18. The molecule has 1 aliphatic rings. The quantitative estimate of drug-likeness (QED) is 0.330. The van der Waals surface area contributed by atoms with Crippen LogP contribution in [0.25, 0.3) is 20.5 Å². The van der Waals surface area contributed by atoms with Crippen molar-refractivity contribution in [3.8, 4) is 16.2 Å². The van der Waals surface area contributed by atoms with Crippen molar-refractivity contribution in [3.05, 3.63) is 53.3 Å². The first-order chi connectivity index (χ1) is 15.3. The van der Waals surface area contributed by atoms with Crippen LogP contribution in [0.15, 0.2) is 36.4 Å². The Hall–Kier alpha value is -2.08. The average Bonchev–Trinajstić information content (AvgIpc) is 3.17. The minimum Gasteiger partial charge on any atom is -0.493 e. The summed E-state index contributed by atoms with van der Waals surface area (Å²) in [4.78, 5) is 0.495. The van der Waals surface area contributed by atoms with Crippen LogP contribution in [0.3, 0.4) is 0 Å². The highest BCUT2D eigenvalue weighted by atomic mass is 32.1. The fraction of sp³-hybridized carbons (Fsp3) is 0.462. The number of rotatable bonds is 6. The van der Waals surface area contributed by atoms with Crippen LogP contribution in [0.5, 0.6) is 5.75 Å². The van der Waals surface area contributed by atoms with Crippen molar-refractivity contribution in [1.29, 1.82) is 0 Å². The first-order valence-electron chi connectivity index (χ1n) is 11.4. The van der Waals surface area contributed by atoms with E-state index in [1.54, 1.807) is 31.2 Å². The zero-order valence-electron chi connectivity index (χ0n) is 18.4. The Morgan fingerprint density at radius 2 is 1.75 bits per heavy atom. The zero-order chi connectivity index (χ0) is 22.9. The van der Waals surface area contributed by atoms with Crippen LogP contribution in [0.4, 0.5) is 17.6 Å². The number of hydrogen-bond acceptors (Lipinski definition) is 2. The van der Waals surface area contributed by atoms with E-state index in [0.29, 0.717) is 21.7 Å². The highest BCUT2D eigenvalue weighted by Crippen LogP contribution is 2.47. The van der Waals surface area contributed by atoms with Crippen molar-refractivity contribution >= 4 is 21.4 Å². The second kappa shape index (κ2) is 9.42. The molecule has 1 nitrogen and oxygen atoms in total. The summed E-state index contributed by atoms with van der Waals surface area (Å²) in [5.41, 5.74) is 0.562. The molecule has 1 aliphatic carbocycles. The van der Waals surface area contributed by atoms with Gasteiger partial charge in [-0.3, -0.25) is 0 Å². The minimum atomic E-state index is -4.55. The minimum absolute atomic E-state index is 0.0798. The van der Waals surface area contributed by atoms with E-state index >= 15 is 4.39 Å². The summed E-state index contributed by atoms with van der Waals surface area (Å²) in [6.45, 7) is 4.00. The second-order valence-corrected chi connectivity index (χ2v) is 9.70. The summed E-state index contributed by atoms with van der Waals surface area (Å²) in [5.74, 6) is 0.585. The number of alkyl halides is 3. The maximum Gasteiger partial charge on any atom is 0.421 e. The van der Waals surface area contributed by atoms with Crippen LogP contribution in [-0.4, -0.2) is 6.61 Å². The monoisotopic (exact) mass is 464 g/mol. The van der Waals surface area contributed by atoms with Crippen LogP contribution in [0.2, 0.25) is 0 Å². The van der Waals surface area contributed by atoms with E-state index in [2.05, 4.69) is 6.92 Å². The van der Waals surface area contributed by atoms with Gasteiger partial charge in [-0.1, -0.05) is 31.9 Å². The molecule has 1 heterocycles. The van der Waals surface area contributed by atoms with Gasteiger partial charge in [0.1, 0.15) is 17.1 Å². The van der Waals surface area contributed by atoms with E-state index in [1.807, 2.05) is 6.07 Å². The molecule has 0 aliphatic heterocycles. The number of halogens is 4. The third-order valence-corrected chi connectivity index (χ3v) is 7.71. The number of benzene rings is 2. The van der Waals surface area contributed by atoms with E-state index in [4.69, 9.17) is 4.74 Å². The predicted molar refractivity (Wildman–Crippen MR) is 123 cm³/mol. The molecule has 0 atom stereocenters. The second-order valence-electron chi connectivity index (χ2n) is 8.64. The molecule has 0 unspecified atom stereocenters. The topological polar surface area (TPSA) is 9.23 Å². The molecule has 0 bridgehead atoms. The largest absolute Gasteiger partial charge is 0.493 e. The molecule has 0 spiro atoms. The third-order valence-electron chi connectivity index (χ3n) is 6.51. The summed E-state index contributed by atoms with van der Waals surface area (Å²) in [5, 5.41) is 0.443. The third kappa shape index (κ3) is 4.66. The highest BCUT2D eigenvalue weighted by molar-refractivity contribution is 7.22. The Kier molecular flexibility index (Phi) is 6.80. The molecule has 32 heavy (non-hydrogen) atoms. The number of hydrogen-bond donors (Lipinski definition) is 0. The van der Waals surface area contributed by atoms with Crippen LogP contribution in [0, 0.1) is 11.7 Å². The summed E-state index contributed by atoms with van der Waals surface area (Å²) >= 11 is 0.965. The molecule has 4 rings (SSSR count). The van der Waals surface area contributed by atoms with E-state index < -0.39 is 11.7 Å². The molecule has 1 saturated carbocycles. The first-order valence-corrected chi connectivity index (χ1v) is 12.2. The average molecular weight is 465 g/mol. The van der Waals surface area contributed by atoms with Gasteiger partial charge in [-0.2, -0.15) is 13.2 Å². The van der Waals surface area contributed by atoms with Gasteiger partial charge in [0.15, 0.2) is 0 Å². The first kappa shape index (κ1) is 23.1. The van der Waals surface area contributed by atoms with Crippen LogP contribution >= 0.6 is 11.3 Å².